The first-order valence-electron chi connectivity index (χ1n) is 8.42. The van der Waals surface area contributed by atoms with E-state index in [1.165, 1.54) is 0 Å². The number of nitrogens with zero attached hydrogens (tertiary/aromatic N) is 1. The number of anilines is 2. The van der Waals surface area contributed by atoms with Crippen LogP contribution in [0.5, 0.6) is 0 Å². The lowest BCUT2D eigenvalue weighted by Crippen LogP contribution is -2.51. The molecule has 2 amide bonds. The van der Waals surface area contributed by atoms with Gasteiger partial charge >= 0.3 is 0 Å². The maximum atomic E-state index is 12.5. The van der Waals surface area contributed by atoms with Gasteiger partial charge in [0.15, 0.2) is 0 Å². The van der Waals surface area contributed by atoms with Gasteiger partial charge in [0.1, 0.15) is 0 Å². The second-order valence-corrected chi connectivity index (χ2v) is 7.16. The highest BCUT2D eigenvalue weighted by Crippen LogP contribution is 2.32. The first-order valence-corrected chi connectivity index (χ1v) is 8.42. The third kappa shape index (κ3) is 7.11. The quantitative estimate of drug-likeness (QED) is 0.703. The molecular formula is C18H30Cl2N4O2. The van der Waals surface area contributed by atoms with Gasteiger partial charge in [-0.15, -0.1) is 24.8 Å². The fraction of sp³-hybridized carbons (Fsp3) is 0.556. The van der Waals surface area contributed by atoms with Crippen molar-refractivity contribution in [1.29, 1.82) is 0 Å². The van der Waals surface area contributed by atoms with Crippen molar-refractivity contribution in [2.75, 3.05) is 31.3 Å². The summed E-state index contributed by atoms with van der Waals surface area (Å²) in [6.45, 7) is 2.29. The van der Waals surface area contributed by atoms with Crippen molar-refractivity contribution in [3.8, 4) is 0 Å². The summed E-state index contributed by atoms with van der Waals surface area (Å²) in [4.78, 5) is 26.0. The monoisotopic (exact) mass is 404 g/mol. The van der Waals surface area contributed by atoms with Crippen molar-refractivity contribution in [2.24, 2.45) is 11.7 Å². The fourth-order valence-corrected chi connectivity index (χ4v) is 3.14. The van der Waals surface area contributed by atoms with Crippen LogP contribution in [0.4, 0.5) is 11.4 Å². The second-order valence-electron chi connectivity index (χ2n) is 7.16. The standard InChI is InChI=1S/C18H28N4O2.2ClH/c1-18(19)11-5-4-6-15(18)17(24)21-14-9-7-13(8-10-14)20-16(23)12-22(2)3;;/h7-10,15H,4-6,11-12,19H2,1-3H3,(H,20,23)(H,21,24);2*1H. The minimum atomic E-state index is -0.442. The lowest BCUT2D eigenvalue weighted by Gasteiger charge is -2.37. The Labute approximate surface area is 168 Å². The predicted octanol–water partition coefficient (Wildman–Crippen LogP) is 2.88. The van der Waals surface area contributed by atoms with E-state index in [-0.39, 0.29) is 42.5 Å². The number of amides is 2. The minimum Gasteiger partial charge on any atom is -0.326 e. The van der Waals surface area contributed by atoms with Crippen molar-refractivity contribution < 1.29 is 9.59 Å². The van der Waals surface area contributed by atoms with Crippen LogP contribution in [0.3, 0.4) is 0 Å². The Hall–Kier alpha value is -1.34. The number of likely N-dealkylation sites (N-methyl/N-ethyl adjacent to an activating group) is 1. The highest BCUT2D eigenvalue weighted by atomic mass is 35.5. The second kappa shape index (κ2) is 10.7. The Balaban J connectivity index is 0.00000312. The van der Waals surface area contributed by atoms with Crippen LogP contribution in [0.2, 0.25) is 0 Å². The fourth-order valence-electron chi connectivity index (χ4n) is 3.14. The number of carbonyl (C=O) groups is 2. The van der Waals surface area contributed by atoms with Gasteiger partial charge in [-0.2, -0.15) is 0 Å². The highest BCUT2D eigenvalue weighted by Gasteiger charge is 2.37. The zero-order valence-corrected chi connectivity index (χ0v) is 17.2. The molecule has 4 N–H and O–H groups in total. The van der Waals surface area contributed by atoms with Crippen molar-refractivity contribution >= 4 is 48.0 Å². The third-order valence-corrected chi connectivity index (χ3v) is 4.47. The molecule has 0 saturated heterocycles. The van der Waals surface area contributed by atoms with Crippen LogP contribution in [0.1, 0.15) is 32.6 Å². The smallest absolute Gasteiger partial charge is 0.238 e. The molecule has 0 spiro atoms. The van der Waals surface area contributed by atoms with Gasteiger partial charge in [-0.3, -0.25) is 9.59 Å². The predicted molar refractivity (Wildman–Crippen MR) is 111 cm³/mol. The van der Waals surface area contributed by atoms with E-state index in [9.17, 15) is 9.59 Å². The van der Waals surface area contributed by atoms with Crippen LogP contribution in [0.25, 0.3) is 0 Å². The van der Waals surface area contributed by atoms with Crippen molar-refractivity contribution in [1.82, 2.24) is 4.90 Å². The molecule has 1 aliphatic carbocycles. The maximum absolute atomic E-state index is 12.5. The molecule has 1 saturated carbocycles. The summed E-state index contributed by atoms with van der Waals surface area (Å²) in [6.07, 6.45) is 3.83. The van der Waals surface area contributed by atoms with E-state index in [1.807, 2.05) is 21.0 Å². The number of halogens is 2. The first kappa shape index (κ1) is 24.7. The Kier molecular flexibility index (Phi) is 10.2. The molecule has 0 radical (unpaired) electrons. The van der Waals surface area contributed by atoms with Gasteiger partial charge in [-0.25, -0.2) is 0 Å². The Morgan fingerprint density at radius 1 is 1.12 bits per heavy atom. The Bertz CT molecular complexity index is 591. The molecule has 0 bridgehead atoms. The van der Waals surface area contributed by atoms with Gasteiger partial charge in [0.2, 0.25) is 11.8 Å². The van der Waals surface area contributed by atoms with Crippen LogP contribution in [-0.4, -0.2) is 42.9 Å². The van der Waals surface area contributed by atoms with Crippen LogP contribution in [0, 0.1) is 5.92 Å². The molecule has 0 heterocycles. The Morgan fingerprint density at radius 2 is 1.65 bits per heavy atom. The number of nitrogens with two attached hydrogens (primary N) is 1. The highest BCUT2D eigenvalue weighted by molar-refractivity contribution is 5.95. The molecule has 148 valence electrons. The van der Waals surface area contributed by atoms with Crippen LogP contribution < -0.4 is 16.4 Å². The molecule has 6 nitrogen and oxygen atoms in total. The molecule has 2 atom stereocenters. The zero-order valence-electron chi connectivity index (χ0n) is 15.6. The molecule has 1 fully saturated rings. The molecule has 2 unspecified atom stereocenters. The largest absolute Gasteiger partial charge is 0.326 e. The summed E-state index contributed by atoms with van der Waals surface area (Å²) in [5.41, 5.74) is 7.27. The topological polar surface area (TPSA) is 87.5 Å². The molecular weight excluding hydrogens is 375 g/mol. The lowest BCUT2D eigenvalue weighted by molar-refractivity contribution is -0.122. The number of rotatable bonds is 5. The summed E-state index contributed by atoms with van der Waals surface area (Å²) in [5, 5.41) is 5.76. The van der Waals surface area contributed by atoms with Crippen LogP contribution in [0.15, 0.2) is 24.3 Å². The molecule has 1 aliphatic rings. The van der Waals surface area contributed by atoms with E-state index in [1.54, 1.807) is 29.2 Å². The lowest BCUT2D eigenvalue weighted by atomic mass is 9.74. The van der Waals surface area contributed by atoms with Gasteiger partial charge in [0.05, 0.1) is 12.5 Å². The van der Waals surface area contributed by atoms with Crippen LogP contribution in [-0.2, 0) is 9.59 Å². The maximum Gasteiger partial charge on any atom is 0.238 e. The van der Waals surface area contributed by atoms with Gasteiger partial charge in [-0.05, 0) is 58.1 Å². The first-order chi connectivity index (χ1) is 11.3. The molecule has 8 heteroatoms. The van der Waals surface area contributed by atoms with Crippen molar-refractivity contribution in [3.63, 3.8) is 0 Å². The van der Waals surface area contributed by atoms with E-state index < -0.39 is 5.54 Å². The summed E-state index contributed by atoms with van der Waals surface area (Å²) in [6, 6.07) is 7.15. The van der Waals surface area contributed by atoms with E-state index in [0.29, 0.717) is 17.9 Å². The van der Waals surface area contributed by atoms with Gasteiger partial charge in [-0.1, -0.05) is 12.8 Å². The molecule has 26 heavy (non-hydrogen) atoms. The normalized spacial score (nSPS) is 22.0. The van der Waals surface area contributed by atoms with Crippen LogP contribution >= 0.6 is 24.8 Å². The van der Waals surface area contributed by atoms with Gasteiger partial charge in [0, 0.05) is 16.9 Å². The number of hydrogen-bond donors (Lipinski definition) is 3. The number of nitrogens with one attached hydrogen (secondary N) is 2. The number of benzene rings is 1. The molecule has 2 rings (SSSR count). The van der Waals surface area contributed by atoms with E-state index in [0.717, 1.165) is 25.7 Å². The summed E-state index contributed by atoms with van der Waals surface area (Å²) in [5.74, 6) is -0.257. The van der Waals surface area contributed by atoms with Gasteiger partial charge < -0.3 is 21.3 Å². The summed E-state index contributed by atoms with van der Waals surface area (Å²) < 4.78 is 0. The Morgan fingerprint density at radius 3 is 2.15 bits per heavy atom. The van der Waals surface area contributed by atoms with E-state index >= 15 is 0 Å². The molecule has 0 aliphatic heterocycles. The van der Waals surface area contributed by atoms with E-state index in [2.05, 4.69) is 10.6 Å². The number of hydrogen-bond acceptors (Lipinski definition) is 4. The van der Waals surface area contributed by atoms with Crippen molar-refractivity contribution in [3.05, 3.63) is 24.3 Å². The van der Waals surface area contributed by atoms with Crippen molar-refractivity contribution in [2.45, 2.75) is 38.1 Å². The molecule has 0 aromatic heterocycles. The zero-order chi connectivity index (χ0) is 17.7. The molecule has 1 aromatic rings. The summed E-state index contributed by atoms with van der Waals surface area (Å²) in [7, 11) is 3.68. The average Bonchev–Trinajstić information content (AvgIpc) is 2.47. The van der Waals surface area contributed by atoms with E-state index in [4.69, 9.17) is 5.73 Å². The number of carbonyl (C=O) groups excluding carboxylic acids is 2. The minimum absolute atomic E-state index is 0. The van der Waals surface area contributed by atoms with Gasteiger partial charge in [0.25, 0.3) is 0 Å². The molecule has 1 aromatic carbocycles. The average molecular weight is 405 g/mol. The third-order valence-electron chi connectivity index (χ3n) is 4.47. The summed E-state index contributed by atoms with van der Waals surface area (Å²) >= 11 is 0. The SMILES string of the molecule is CN(C)CC(=O)Nc1ccc(NC(=O)C2CCCCC2(C)N)cc1.Cl.Cl.